The molecule has 0 spiro atoms. The number of furan rings is 1. The van der Waals surface area contributed by atoms with E-state index in [1.54, 1.807) is 7.11 Å². The molecular formula is C9H17ClN2O4S. The number of methoxy groups -OCH3 is 1. The molecule has 1 aromatic heterocycles. The molecule has 0 radical (unpaired) electrons. The number of hydrogen-bond donors (Lipinski definition) is 2. The minimum atomic E-state index is -3.50. The van der Waals surface area contributed by atoms with Gasteiger partial charge in [0.2, 0.25) is 5.09 Å². The molecule has 0 fully saturated rings. The van der Waals surface area contributed by atoms with Crippen molar-refractivity contribution in [1.82, 2.24) is 10.0 Å². The van der Waals surface area contributed by atoms with E-state index in [0.717, 1.165) is 0 Å². The summed E-state index contributed by atoms with van der Waals surface area (Å²) in [6, 6.07) is 2.94. The summed E-state index contributed by atoms with van der Waals surface area (Å²) in [5.41, 5.74) is 0. The molecule has 0 saturated heterocycles. The van der Waals surface area contributed by atoms with E-state index in [0.29, 0.717) is 26.2 Å². The molecule has 1 rings (SSSR count). The van der Waals surface area contributed by atoms with E-state index in [1.807, 2.05) is 0 Å². The Bertz CT molecular complexity index is 380. The summed E-state index contributed by atoms with van der Waals surface area (Å²) in [6.45, 7) is 2.15. The van der Waals surface area contributed by atoms with Crippen LogP contribution in [-0.2, 0) is 14.8 Å². The quantitative estimate of drug-likeness (QED) is 0.667. The summed E-state index contributed by atoms with van der Waals surface area (Å²) in [6.07, 6.45) is 1.32. The van der Waals surface area contributed by atoms with E-state index in [1.165, 1.54) is 18.4 Å². The lowest BCUT2D eigenvalue weighted by molar-refractivity contribution is 0.199. The van der Waals surface area contributed by atoms with Gasteiger partial charge < -0.3 is 14.5 Å². The van der Waals surface area contributed by atoms with Crippen LogP contribution in [0.25, 0.3) is 0 Å². The van der Waals surface area contributed by atoms with Crippen LogP contribution in [0.15, 0.2) is 27.9 Å². The van der Waals surface area contributed by atoms with Crippen LogP contribution in [0.2, 0.25) is 0 Å². The van der Waals surface area contributed by atoms with Gasteiger partial charge in [-0.2, -0.15) is 0 Å². The third-order valence-corrected chi connectivity index (χ3v) is 3.18. The van der Waals surface area contributed by atoms with Crippen LogP contribution in [0.4, 0.5) is 0 Å². The lowest BCUT2D eigenvalue weighted by Crippen LogP contribution is -2.32. The maximum absolute atomic E-state index is 11.5. The molecule has 0 amide bonds. The Morgan fingerprint density at radius 1 is 1.35 bits per heavy atom. The van der Waals surface area contributed by atoms with Gasteiger partial charge in [0.25, 0.3) is 10.0 Å². The zero-order chi connectivity index (χ0) is 11.9. The largest absolute Gasteiger partial charge is 0.452 e. The van der Waals surface area contributed by atoms with E-state index in [4.69, 9.17) is 9.15 Å². The molecule has 100 valence electrons. The van der Waals surface area contributed by atoms with Crippen molar-refractivity contribution in [2.45, 2.75) is 5.09 Å². The standard InChI is InChI=1S/C9H16N2O4S.ClH/c1-14-8-6-10-4-5-11-16(12,13)9-3-2-7-15-9;/h2-3,7,10-11H,4-6,8H2,1H3;1H. The van der Waals surface area contributed by atoms with E-state index in [-0.39, 0.29) is 17.5 Å². The maximum atomic E-state index is 11.5. The Kier molecular flexibility index (Phi) is 8.19. The fourth-order valence-electron chi connectivity index (χ4n) is 1.06. The minimum absolute atomic E-state index is 0. The van der Waals surface area contributed by atoms with Crippen molar-refractivity contribution in [2.75, 3.05) is 33.4 Å². The van der Waals surface area contributed by atoms with E-state index < -0.39 is 10.0 Å². The van der Waals surface area contributed by atoms with Gasteiger partial charge in [-0.05, 0) is 12.1 Å². The molecule has 0 aliphatic heterocycles. The molecular weight excluding hydrogens is 268 g/mol. The van der Waals surface area contributed by atoms with E-state index in [2.05, 4.69) is 10.0 Å². The minimum Gasteiger partial charge on any atom is -0.452 e. The van der Waals surface area contributed by atoms with Crippen molar-refractivity contribution < 1.29 is 17.6 Å². The number of nitrogens with one attached hydrogen (secondary N) is 2. The fourth-order valence-corrected chi connectivity index (χ4v) is 2.01. The molecule has 1 aromatic rings. The van der Waals surface area contributed by atoms with Gasteiger partial charge in [-0.15, -0.1) is 12.4 Å². The van der Waals surface area contributed by atoms with E-state index >= 15 is 0 Å². The predicted octanol–water partition coefficient (Wildman–Crippen LogP) is 0.216. The molecule has 2 N–H and O–H groups in total. The Balaban J connectivity index is 0.00000256. The monoisotopic (exact) mass is 284 g/mol. The molecule has 0 bridgehead atoms. The Hall–Kier alpha value is -0.600. The number of rotatable bonds is 8. The Morgan fingerprint density at radius 2 is 2.12 bits per heavy atom. The molecule has 17 heavy (non-hydrogen) atoms. The molecule has 6 nitrogen and oxygen atoms in total. The average molecular weight is 285 g/mol. The molecule has 0 aliphatic rings. The summed E-state index contributed by atoms with van der Waals surface area (Å²) in [4.78, 5) is 0. The summed E-state index contributed by atoms with van der Waals surface area (Å²) in [7, 11) is -1.89. The van der Waals surface area contributed by atoms with Crippen LogP contribution in [0.3, 0.4) is 0 Å². The first-order valence-corrected chi connectivity index (χ1v) is 6.38. The van der Waals surface area contributed by atoms with Crippen LogP contribution >= 0.6 is 12.4 Å². The SMILES string of the molecule is COCCNCCNS(=O)(=O)c1ccco1.Cl. The summed E-state index contributed by atoms with van der Waals surface area (Å²) < 4.78 is 35.1. The van der Waals surface area contributed by atoms with Crippen LogP contribution in [-0.4, -0.2) is 41.8 Å². The van der Waals surface area contributed by atoms with Gasteiger partial charge in [0.05, 0.1) is 12.9 Å². The van der Waals surface area contributed by atoms with Crippen molar-refractivity contribution in [1.29, 1.82) is 0 Å². The van der Waals surface area contributed by atoms with Crippen molar-refractivity contribution in [2.24, 2.45) is 0 Å². The first kappa shape index (κ1) is 16.4. The van der Waals surface area contributed by atoms with Crippen LogP contribution < -0.4 is 10.0 Å². The highest BCUT2D eigenvalue weighted by Crippen LogP contribution is 2.07. The maximum Gasteiger partial charge on any atom is 0.273 e. The molecule has 0 saturated carbocycles. The zero-order valence-corrected chi connectivity index (χ0v) is 11.1. The Morgan fingerprint density at radius 3 is 2.71 bits per heavy atom. The lowest BCUT2D eigenvalue weighted by Gasteiger charge is -2.05. The van der Waals surface area contributed by atoms with Gasteiger partial charge in [0.15, 0.2) is 0 Å². The van der Waals surface area contributed by atoms with Crippen molar-refractivity contribution in [3.05, 3.63) is 18.4 Å². The van der Waals surface area contributed by atoms with Crippen LogP contribution in [0.5, 0.6) is 0 Å². The summed E-state index contributed by atoms with van der Waals surface area (Å²) in [5, 5.41) is 2.96. The highest BCUT2D eigenvalue weighted by Gasteiger charge is 2.15. The topological polar surface area (TPSA) is 80.6 Å². The number of ether oxygens (including phenoxy) is 1. The second-order valence-electron chi connectivity index (χ2n) is 3.07. The first-order valence-electron chi connectivity index (χ1n) is 4.89. The van der Waals surface area contributed by atoms with Gasteiger partial charge in [-0.1, -0.05) is 0 Å². The molecule has 0 atom stereocenters. The molecule has 1 heterocycles. The van der Waals surface area contributed by atoms with Gasteiger partial charge in [0.1, 0.15) is 0 Å². The van der Waals surface area contributed by atoms with Gasteiger partial charge >= 0.3 is 0 Å². The van der Waals surface area contributed by atoms with Gasteiger partial charge in [-0.25, -0.2) is 13.1 Å². The molecule has 8 heteroatoms. The second-order valence-corrected chi connectivity index (χ2v) is 4.77. The highest BCUT2D eigenvalue weighted by molar-refractivity contribution is 7.89. The third kappa shape index (κ3) is 6.04. The summed E-state index contributed by atoms with van der Waals surface area (Å²) >= 11 is 0. The van der Waals surface area contributed by atoms with Gasteiger partial charge in [-0.3, -0.25) is 0 Å². The zero-order valence-electron chi connectivity index (χ0n) is 9.51. The fraction of sp³-hybridized carbons (Fsp3) is 0.556. The van der Waals surface area contributed by atoms with E-state index in [9.17, 15) is 8.42 Å². The first-order chi connectivity index (χ1) is 7.67. The molecule has 0 unspecified atom stereocenters. The van der Waals surface area contributed by atoms with Crippen molar-refractivity contribution in [3.8, 4) is 0 Å². The number of sulfonamides is 1. The van der Waals surface area contributed by atoms with Gasteiger partial charge in [0, 0.05) is 26.7 Å². The number of hydrogen-bond acceptors (Lipinski definition) is 5. The average Bonchev–Trinajstić information content (AvgIpc) is 2.77. The Labute approximate surface area is 107 Å². The highest BCUT2D eigenvalue weighted by atomic mass is 35.5. The van der Waals surface area contributed by atoms with Crippen LogP contribution in [0, 0.1) is 0 Å². The predicted molar refractivity (Wildman–Crippen MR) is 65.9 cm³/mol. The lowest BCUT2D eigenvalue weighted by atomic mass is 10.6. The molecule has 0 aromatic carbocycles. The normalized spacial score (nSPS) is 11.1. The van der Waals surface area contributed by atoms with Crippen molar-refractivity contribution in [3.63, 3.8) is 0 Å². The van der Waals surface area contributed by atoms with Crippen molar-refractivity contribution >= 4 is 22.4 Å². The smallest absolute Gasteiger partial charge is 0.273 e. The third-order valence-electron chi connectivity index (χ3n) is 1.84. The molecule has 0 aliphatic carbocycles. The van der Waals surface area contributed by atoms with Crippen LogP contribution in [0.1, 0.15) is 0 Å². The summed E-state index contributed by atoms with van der Waals surface area (Å²) in [5.74, 6) is 0. The second kappa shape index (κ2) is 8.48. The number of halogens is 1.